The quantitative estimate of drug-likeness (QED) is 0.726. The number of piperidine rings is 1. The fraction of sp³-hybridized carbons (Fsp3) is 0.304. The summed E-state index contributed by atoms with van der Waals surface area (Å²) in [5, 5.41) is 11.2. The van der Waals surface area contributed by atoms with Crippen LogP contribution in [0.1, 0.15) is 44.8 Å². The highest BCUT2D eigenvalue weighted by atomic mass is 16.2. The molecule has 1 saturated heterocycles. The molecule has 2 aromatic carbocycles. The number of likely N-dealkylation sites (tertiary alicyclic amines) is 1. The highest BCUT2D eigenvalue weighted by molar-refractivity contribution is 5.95. The molecule has 1 aliphatic rings. The number of hydrogen-bond acceptors (Lipinski definition) is 4. The van der Waals surface area contributed by atoms with Gasteiger partial charge in [-0.25, -0.2) is 4.68 Å². The summed E-state index contributed by atoms with van der Waals surface area (Å²) >= 11 is 0. The first-order valence-electron chi connectivity index (χ1n) is 10.2. The van der Waals surface area contributed by atoms with Gasteiger partial charge in [0.2, 0.25) is 0 Å². The van der Waals surface area contributed by atoms with E-state index in [0.29, 0.717) is 24.3 Å². The molecule has 0 bridgehead atoms. The maximum Gasteiger partial charge on any atom is 0.276 e. The number of hydrogen-bond donors (Lipinski definition) is 1. The topological polar surface area (TPSA) is 80.1 Å². The summed E-state index contributed by atoms with van der Waals surface area (Å²) in [6.07, 6.45) is 3.09. The monoisotopic (exact) mass is 403 g/mol. The minimum Gasteiger partial charge on any atom is -0.349 e. The van der Waals surface area contributed by atoms with Crippen molar-refractivity contribution in [2.75, 3.05) is 13.1 Å². The van der Waals surface area contributed by atoms with E-state index < -0.39 is 0 Å². The van der Waals surface area contributed by atoms with Crippen LogP contribution >= 0.6 is 0 Å². The predicted molar refractivity (Wildman–Crippen MR) is 114 cm³/mol. The van der Waals surface area contributed by atoms with Crippen molar-refractivity contribution in [2.45, 2.75) is 32.7 Å². The van der Waals surface area contributed by atoms with E-state index in [1.165, 1.54) is 0 Å². The van der Waals surface area contributed by atoms with E-state index >= 15 is 0 Å². The Morgan fingerprint density at radius 3 is 2.33 bits per heavy atom. The molecule has 1 aromatic heterocycles. The van der Waals surface area contributed by atoms with Gasteiger partial charge in [-0.3, -0.25) is 9.59 Å². The minimum absolute atomic E-state index is 0.0577. The molecule has 2 amide bonds. The molecule has 0 saturated carbocycles. The molecule has 154 valence electrons. The Kier molecular flexibility index (Phi) is 5.61. The maximum atomic E-state index is 12.8. The maximum absolute atomic E-state index is 12.8. The second kappa shape index (κ2) is 8.49. The van der Waals surface area contributed by atoms with Crippen molar-refractivity contribution >= 4 is 11.8 Å². The number of carbonyl (C=O) groups is 2. The molecule has 0 aliphatic carbocycles. The van der Waals surface area contributed by atoms with E-state index in [0.717, 1.165) is 29.7 Å². The van der Waals surface area contributed by atoms with Gasteiger partial charge >= 0.3 is 0 Å². The van der Waals surface area contributed by atoms with Crippen LogP contribution in [-0.4, -0.2) is 50.8 Å². The molecular weight excluding hydrogens is 378 g/mol. The van der Waals surface area contributed by atoms with Crippen LogP contribution in [0.4, 0.5) is 0 Å². The van der Waals surface area contributed by atoms with Crippen LogP contribution in [0.2, 0.25) is 0 Å². The van der Waals surface area contributed by atoms with E-state index in [1.54, 1.807) is 15.8 Å². The highest BCUT2D eigenvalue weighted by Gasteiger charge is 2.26. The van der Waals surface area contributed by atoms with Crippen molar-refractivity contribution in [3.05, 3.63) is 77.1 Å². The molecule has 4 rings (SSSR count). The summed E-state index contributed by atoms with van der Waals surface area (Å²) in [6.45, 7) is 5.13. The lowest BCUT2D eigenvalue weighted by molar-refractivity contribution is 0.0692. The first-order chi connectivity index (χ1) is 14.5. The second-order valence-corrected chi connectivity index (χ2v) is 7.80. The molecule has 0 spiro atoms. The molecule has 1 N–H and O–H groups in total. The number of carbonyl (C=O) groups excluding carboxylic acids is 2. The summed E-state index contributed by atoms with van der Waals surface area (Å²) in [6, 6.07) is 15.5. The molecule has 0 unspecified atom stereocenters. The first kappa shape index (κ1) is 19.8. The molecule has 30 heavy (non-hydrogen) atoms. The van der Waals surface area contributed by atoms with Crippen LogP contribution in [0.3, 0.4) is 0 Å². The van der Waals surface area contributed by atoms with Crippen LogP contribution in [0.5, 0.6) is 0 Å². The Morgan fingerprint density at radius 1 is 1.00 bits per heavy atom. The van der Waals surface area contributed by atoms with Gasteiger partial charge in [0.25, 0.3) is 11.8 Å². The number of benzene rings is 2. The van der Waals surface area contributed by atoms with E-state index in [9.17, 15) is 9.59 Å². The molecule has 3 aromatic rings. The lowest BCUT2D eigenvalue weighted by Crippen LogP contribution is -2.46. The zero-order chi connectivity index (χ0) is 21.1. The molecule has 0 atom stereocenters. The molecular formula is C23H25N5O2. The predicted octanol–water partition coefficient (Wildman–Crippen LogP) is 2.92. The van der Waals surface area contributed by atoms with Gasteiger partial charge in [0.05, 0.1) is 11.9 Å². The average Bonchev–Trinajstić information content (AvgIpc) is 3.24. The van der Waals surface area contributed by atoms with Crippen LogP contribution in [0.25, 0.3) is 5.69 Å². The molecule has 7 nitrogen and oxygen atoms in total. The van der Waals surface area contributed by atoms with Gasteiger partial charge in [0.1, 0.15) is 0 Å². The van der Waals surface area contributed by atoms with Crippen molar-refractivity contribution in [3.8, 4) is 5.69 Å². The Hall–Kier alpha value is -3.48. The van der Waals surface area contributed by atoms with Crippen molar-refractivity contribution in [3.63, 3.8) is 0 Å². The van der Waals surface area contributed by atoms with Gasteiger partial charge in [0, 0.05) is 24.7 Å². The summed E-state index contributed by atoms with van der Waals surface area (Å²) in [4.78, 5) is 27.1. The van der Waals surface area contributed by atoms with Gasteiger partial charge in [-0.1, -0.05) is 40.6 Å². The SMILES string of the molecule is Cc1cc(C)cc(C(=O)NC2CCN(C(=O)c3cn(-c4ccccc4)nn3)CC2)c1. The van der Waals surface area contributed by atoms with Crippen molar-refractivity contribution in [1.82, 2.24) is 25.2 Å². The minimum atomic E-state index is -0.128. The number of nitrogens with one attached hydrogen (secondary N) is 1. The summed E-state index contributed by atoms with van der Waals surface area (Å²) in [5.74, 6) is -0.186. The second-order valence-electron chi connectivity index (χ2n) is 7.80. The van der Waals surface area contributed by atoms with Crippen LogP contribution in [0.15, 0.2) is 54.7 Å². The third-order valence-corrected chi connectivity index (χ3v) is 5.33. The molecule has 1 aliphatic heterocycles. The van der Waals surface area contributed by atoms with Gasteiger partial charge in [-0.2, -0.15) is 0 Å². The van der Waals surface area contributed by atoms with Crippen molar-refractivity contribution < 1.29 is 9.59 Å². The third-order valence-electron chi connectivity index (χ3n) is 5.33. The molecule has 1 fully saturated rings. The Bertz CT molecular complexity index is 1030. The molecule has 7 heteroatoms. The largest absolute Gasteiger partial charge is 0.349 e. The fourth-order valence-corrected chi connectivity index (χ4v) is 3.83. The normalized spacial score (nSPS) is 14.5. The number of nitrogens with zero attached hydrogens (tertiary/aromatic N) is 4. The third kappa shape index (κ3) is 4.40. The average molecular weight is 403 g/mol. The summed E-state index contributed by atoms with van der Waals surface area (Å²) < 4.78 is 1.60. The Labute approximate surface area is 175 Å². The number of para-hydroxylation sites is 1. The van der Waals surface area contributed by atoms with E-state index in [4.69, 9.17) is 0 Å². The van der Waals surface area contributed by atoms with Crippen LogP contribution in [0, 0.1) is 13.8 Å². The smallest absolute Gasteiger partial charge is 0.276 e. The number of aromatic nitrogens is 3. The van der Waals surface area contributed by atoms with Gasteiger partial charge in [-0.15, -0.1) is 5.10 Å². The lowest BCUT2D eigenvalue weighted by Gasteiger charge is -2.32. The number of amides is 2. The zero-order valence-electron chi connectivity index (χ0n) is 17.2. The highest BCUT2D eigenvalue weighted by Crippen LogP contribution is 2.16. The van der Waals surface area contributed by atoms with Gasteiger partial charge < -0.3 is 10.2 Å². The lowest BCUT2D eigenvalue weighted by atomic mass is 10.0. The number of aryl methyl sites for hydroxylation is 2. The van der Waals surface area contributed by atoms with Crippen molar-refractivity contribution in [2.24, 2.45) is 0 Å². The Balaban J connectivity index is 1.34. The fourth-order valence-electron chi connectivity index (χ4n) is 3.83. The van der Waals surface area contributed by atoms with E-state index in [1.807, 2.05) is 56.3 Å². The van der Waals surface area contributed by atoms with Crippen LogP contribution < -0.4 is 5.32 Å². The summed E-state index contributed by atoms with van der Waals surface area (Å²) in [5.41, 5.74) is 4.02. The molecule has 2 heterocycles. The number of rotatable bonds is 4. The zero-order valence-corrected chi connectivity index (χ0v) is 17.2. The summed E-state index contributed by atoms with van der Waals surface area (Å²) in [7, 11) is 0. The van der Waals surface area contributed by atoms with E-state index in [2.05, 4.69) is 21.7 Å². The van der Waals surface area contributed by atoms with Crippen LogP contribution in [-0.2, 0) is 0 Å². The van der Waals surface area contributed by atoms with Crippen molar-refractivity contribution in [1.29, 1.82) is 0 Å². The Morgan fingerprint density at radius 2 is 1.67 bits per heavy atom. The van der Waals surface area contributed by atoms with E-state index in [-0.39, 0.29) is 17.9 Å². The molecule has 0 radical (unpaired) electrons. The van der Waals surface area contributed by atoms with Gasteiger partial charge in [0.15, 0.2) is 5.69 Å². The standard InChI is InChI=1S/C23H25N5O2/c1-16-12-17(2)14-18(13-16)22(29)24-19-8-10-27(11-9-19)23(30)21-15-28(26-25-21)20-6-4-3-5-7-20/h3-7,12-15,19H,8-11H2,1-2H3,(H,24,29). The first-order valence-corrected chi connectivity index (χ1v) is 10.2. The van der Waals surface area contributed by atoms with Gasteiger partial charge in [-0.05, 0) is 51.0 Å².